The van der Waals surface area contributed by atoms with E-state index in [1.807, 2.05) is 6.07 Å². The van der Waals surface area contributed by atoms with Crippen molar-refractivity contribution in [2.45, 2.75) is 19.1 Å². The molecule has 0 saturated heterocycles. The Balaban J connectivity index is 1.46. The highest BCUT2D eigenvalue weighted by molar-refractivity contribution is 7.03. The summed E-state index contributed by atoms with van der Waals surface area (Å²) in [5.74, 6) is -0.295. The van der Waals surface area contributed by atoms with Crippen molar-refractivity contribution in [3.05, 3.63) is 46.5 Å². The zero-order valence-corrected chi connectivity index (χ0v) is 12.9. The maximum Gasteiger partial charge on any atom is 0.272 e. The van der Waals surface area contributed by atoms with Gasteiger partial charge in [-0.15, -0.1) is 5.10 Å². The van der Waals surface area contributed by atoms with Crippen LogP contribution in [0.25, 0.3) is 0 Å². The van der Waals surface area contributed by atoms with Gasteiger partial charge in [-0.05, 0) is 29.1 Å². The summed E-state index contributed by atoms with van der Waals surface area (Å²) in [4.78, 5) is 13.9. The minimum absolute atomic E-state index is 0.217. The van der Waals surface area contributed by atoms with Crippen LogP contribution in [-0.4, -0.2) is 51.2 Å². The number of rotatable bonds is 5. The van der Waals surface area contributed by atoms with Crippen LogP contribution < -0.4 is 5.32 Å². The Labute approximate surface area is 132 Å². The van der Waals surface area contributed by atoms with Crippen molar-refractivity contribution in [2.75, 3.05) is 19.6 Å². The molecular formula is C15H18N4O2S. The van der Waals surface area contributed by atoms with Crippen molar-refractivity contribution < 1.29 is 9.90 Å². The largest absolute Gasteiger partial charge is 0.390 e. The number of fused-ring (bicyclic) bond motifs is 1. The average Bonchev–Trinajstić information content (AvgIpc) is 3.07. The molecule has 6 nitrogen and oxygen atoms in total. The number of carbonyl (C=O) groups excluding carboxylic acids is 1. The first-order chi connectivity index (χ1) is 10.7. The van der Waals surface area contributed by atoms with Crippen molar-refractivity contribution in [2.24, 2.45) is 0 Å². The predicted octanol–water partition coefficient (Wildman–Crippen LogP) is 0.687. The fourth-order valence-electron chi connectivity index (χ4n) is 2.64. The first-order valence-electron chi connectivity index (χ1n) is 7.25. The molecule has 3 rings (SSSR count). The lowest BCUT2D eigenvalue weighted by Crippen LogP contribution is -2.42. The predicted molar refractivity (Wildman–Crippen MR) is 83.7 cm³/mol. The number of hydrogen-bond donors (Lipinski definition) is 2. The second kappa shape index (κ2) is 6.95. The zero-order chi connectivity index (χ0) is 15.4. The third-order valence-corrected chi connectivity index (χ3v) is 4.27. The monoisotopic (exact) mass is 318 g/mol. The van der Waals surface area contributed by atoms with Gasteiger partial charge < -0.3 is 10.4 Å². The molecule has 0 fully saturated rings. The number of amides is 1. The molecular weight excluding hydrogens is 300 g/mol. The second-order valence-electron chi connectivity index (χ2n) is 5.41. The van der Waals surface area contributed by atoms with Crippen molar-refractivity contribution in [3.8, 4) is 0 Å². The van der Waals surface area contributed by atoms with Crippen LogP contribution in [0, 0.1) is 0 Å². The van der Waals surface area contributed by atoms with Crippen molar-refractivity contribution in [1.82, 2.24) is 19.8 Å². The first kappa shape index (κ1) is 15.1. The zero-order valence-electron chi connectivity index (χ0n) is 12.1. The minimum atomic E-state index is -0.596. The van der Waals surface area contributed by atoms with E-state index < -0.39 is 6.10 Å². The van der Waals surface area contributed by atoms with Crippen LogP contribution in [0.1, 0.15) is 21.6 Å². The summed E-state index contributed by atoms with van der Waals surface area (Å²) in [6.07, 6.45) is 0.403. The van der Waals surface area contributed by atoms with Gasteiger partial charge >= 0.3 is 0 Å². The van der Waals surface area contributed by atoms with E-state index in [9.17, 15) is 9.90 Å². The lowest BCUT2D eigenvalue weighted by molar-refractivity contribution is 0.0838. The highest BCUT2D eigenvalue weighted by Gasteiger charge is 2.19. The van der Waals surface area contributed by atoms with Gasteiger partial charge in [0.05, 0.1) is 6.10 Å². The number of aliphatic hydroxyl groups excluding tert-OH is 1. The van der Waals surface area contributed by atoms with Crippen LogP contribution in [-0.2, 0) is 13.0 Å². The Kier molecular flexibility index (Phi) is 4.77. The summed E-state index contributed by atoms with van der Waals surface area (Å²) >= 11 is 1.13. The molecule has 1 amide bonds. The molecule has 2 N–H and O–H groups in total. The van der Waals surface area contributed by atoms with Gasteiger partial charge in [-0.25, -0.2) is 0 Å². The Morgan fingerprint density at radius 2 is 2.23 bits per heavy atom. The molecule has 1 aliphatic rings. The summed E-state index contributed by atoms with van der Waals surface area (Å²) in [6.45, 7) is 2.54. The number of benzene rings is 1. The Hall–Kier alpha value is -1.83. The maximum absolute atomic E-state index is 11.7. The summed E-state index contributed by atoms with van der Waals surface area (Å²) in [6, 6.07) is 8.39. The standard InChI is InChI=1S/C15H18N4O2S/c20-13(7-16-15(21)14-10-22-18-17-14)9-19-6-5-11-3-1-2-4-12(11)8-19/h1-4,10,13,20H,5-9H2,(H,16,21)/t13-/m0/s1. The molecule has 1 atom stereocenters. The summed E-state index contributed by atoms with van der Waals surface area (Å²) in [7, 11) is 0. The molecule has 2 aromatic rings. The van der Waals surface area contributed by atoms with Crippen molar-refractivity contribution in [1.29, 1.82) is 0 Å². The SMILES string of the molecule is O=C(NC[C@H](O)CN1CCc2ccccc2C1)c1csnn1. The van der Waals surface area contributed by atoms with E-state index in [1.54, 1.807) is 5.38 Å². The summed E-state index contributed by atoms with van der Waals surface area (Å²) < 4.78 is 3.65. The quantitative estimate of drug-likeness (QED) is 0.848. The summed E-state index contributed by atoms with van der Waals surface area (Å²) in [5.41, 5.74) is 3.00. The number of hydrogen-bond acceptors (Lipinski definition) is 6. The van der Waals surface area contributed by atoms with E-state index in [0.717, 1.165) is 31.0 Å². The molecule has 22 heavy (non-hydrogen) atoms. The lowest BCUT2D eigenvalue weighted by Gasteiger charge is -2.30. The number of carbonyl (C=O) groups is 1. The molecule has 0 spiro atoms. The molecule has 0 aliphatic carbocycles. The Bertz CT molecular complexity index is 632. The first-order valence-corrected chi connectivity index (χ1v) is 8.08. The fraction of sp³-hybridized carbons (Fsp3) is 0.400. The van der Waals surface area contributed by atoms with Gasteiger partial charge in [-0.3, -0.25) is 9.69 Å². The molecule has 0 unspecified atom stereocenters. The van der Waals surface area contributed by atoms with Crippen LogP contribution in [0.3, 0.4) is 0 Å². The third kappa shape index (κ3) is 3.68. The van der Waals surface area contributed by atoms with Gasteiger partial charge in [-0.2, -0.15) is 0 Å². The number of aromatic nitrogens is 2. The van der Waals surface area contributed by atoms with E-state index >= 15 is 0 Å². The Morgan fingerprint density at radius 1 is 1.41 bits per heavy atom. The van der Waals surface area contributed by atoms with E-state index in [1.165, 1.54) is 11.1 Å². The van der Waals surface area contributed by atoms with Gasteiger partial charge in [0.15, 0.2) is 5.69 Å². The number of β-amino-alcohol motifs (C(OH)–C–C–N with tert-alkyl or cyclic N) is 1. The molecule has 1 aromatic heterocycles. The molecule has 7 heteroatoms. The highest BCUT2D eigenvalue weighted by atomic mass is 32.1. The van der Waals surface area contributed by atoms with E-state index in [0.29, 0.717) is 12.2 Å². The topological polar surface area (TPSA) is 78.4 Å². The molecule has 116 valence electrons. The molecule has 0 saturated carbocycles. The van der Waals surface area contributed by atoms with Gasteiger partial charge in [-0.1, -0.05) is 28.8 Å². The highest BCUT2D eigenvalue weighted by Crippen LogP contribution is 2.18. The van der Waals surface area contributed by atoms with E-state index in [4.69, 9.17) is 0 Å². The van der Waals surface area contributed by atoms with Crippen LogP contribution in [0.2, 0.25) is 0 Å². The number of nitrogens with one attached hydrogen (secondary N) is 1. The molecule has 1 aromatic carbocycles. The molecule has 2 heterocycles. The van der Waals surface area contributed by atoms with Crippen molar-refractivity contribution >= 4 is 17.4 Å². The van der Waals surface area contributed by atoms with Crippen molar-refractivity contribution in [3.63, 3.8) is 0 Å². The van der Waals surface area contributed by atoms with E-state index in [2.05, 4.69) is 38.0 Å². The third-order valence-electron chi connectivity index (χ3n) is 3.77. The fourth-order valence-corrected chi connectivity index (χ4v) is 3.07. The van der Waals surface area contributed by atoms with Crippen LogP contribution in [0.4, 0.5) is 0 Å². The Morgan fingerprint density at radius 3 is 3.00 bits per heavy atom. The normalized spacial score (nSPS) is 16.0. The van der Waals surface area contributed by atoms with Gasteiger partial charge in [0.25, 0.3) is 5.91 Å². The average molecular weight is 318 g/mol. The summed E-state index contributed by atoms with van der Waals surface area (Å²) in [5, 5.41) is 18.1. The maximum atomic E-state index is 11.7. The number of nitrogens with zero attached hydrogens (tertiary/aromatic N) is 3. The smallest absolute Gasteiger partial charge is 0.272 e. The number of aliphatic hydroxyl groups is 1. The van der Waals surface area contributed by atoms with Crippen LogP contribution in [0.15, 0.2) is 29.6 Å². The second-order valence-corrected chi connectivity index (χ2v) is 6.02. The lowest BCUT2D eigenvalue weighted by atomic mass is 10.00. The minimum Gasteiger partial charge on any atom is -0.390 e. The molecule has 0 radical (unpaired) electrons. The molecule has 1 aliphatic heterocycles. The van der Waals surface area contributed by atoms with Gasteiger partial charge in [0, 0.05) is 31.6 Å². The van der Waals surface area contributed by atoms with Crippen LogP contribution in [0.5, 0.6) is 0 Å². The molecule has 0 bridgehead atoms. The van der Waals surface area contributed by atoms with Gasteiger partial charge in [0.2, 0.25) is 0 Å². The van der Waals surface area contributed by atoms with Crippen LogP contribution >= 0.6 is 11.5 Å². The van der Waals surface area contributed by atoms with Gasteiger partial charge in [0.1, 0.15) is 0 Å². The van der Waals surface area contributed by atoms with E-state index in [-0.39, 0.29) is 12.5 Å².